The molecule has 114 valence electrons. The largest absolute Gasteiger partial charge is 0.481 e. The maximum Gasteiger partial charge on any atom is 0.303 e. The highest BCUT2D eigenvalue weighted by Crippen LogP contribution is 2.12. The average Bonchev–Trinajstić information content (AvgIpc) is 2.47. The topological polar surface area (TPSA) is 54.4 Å². The molecule has 0 saturated heterocycles. The van der Waals surface area contributed by atoms with E-state index in [1.54, 1.807) is 0 Å². The van der Waals surface area contributed by atoms with E-state index in [0.29, 0.717) is 12.8 Å². The van der Waals surface area contributed by atoms with Crippen molar-refractivity contribution in [1.29, 1.82) is 0 Å². The second-order valence-electron chi connectivity index (χ2n) is 5.19. The van der Waals surface area contributed by atoms with Gasteiger partial charge in [-0.05, 0) is 30.9 Å². The number of Topliss-reactive ketones (excluding diaryl/α,β-unsaturated/α-hetero) is 1. The van der Waals surface area contributed by atoms with E-state index in [4.69, 9.17) is 5.11 Å². The van der Waals surface area contributed by atoms with Crippen LogP contribution >= 0.6 is 0 Å². The fourth-order valence-corrected chi connectivity index (χ4v) is 2.09. The van der Waals surface area contributed by atoms with Crippen LogP contribution in [0.15, 0.2) is 30.3 Å². The van der Waals surface area contributed by atoms with Crippen molar-refractivity contribution in [3.8, 4) is 0 Å². The third kappa shape index (κ3) is 7.45. The number of aliphatic carboxylic acids is 1. The zero-order chi connectivity index (χ0) is 15.5. The van der Waals surface area contributed by atoms with E-state index in [1.165, 1.54) is 0 Å². The molecule has 0 aliphatic rings. The third-order valence-electron chi connectivity index (χ3n) is 3.29. The Kier molecular flexibility index (Phi) is 8.10. The Morgan fingerprint density at radius 3 is 2.67 bits per heavy atom. The lowest BCUT2D eigenvalue weighted by Crippen LogP contribution is -1.98. The van der Waals surface area contributed by atoms with Gasteiger partial charge in [0.05, 0.1) is 0 Å². The Hall–Kier alpha value is -1.90. The number of carbonyl (C=O) groups excluding carboxylic acids is 1. The number of carboxylic acid groups (broad SMARTS) is 1. The lowest BCUT2D eigenvalue weighted by molar-refractivity contribution is -0.137. The first-order chi connectivity index (χ1) is 10.1. The molecule has 3 heteroatoms. The summed E-state index contributed by atoms with van der Waals surface area (Å²) in [6.45, 7) is 2.13. The van der Waals surface area contributed by atoms with E-state index in [9.17, 15) is 9.59 Å². The van der Waals surface area contributed by atoms with E-state index in [0.717, 1.165) is 36.8 Å². The number of allylic oxidation sites excluding steroid dienone is 1. The van der Waals surface area contributed by atoms with Crippen LogP contribution in [0.25, 0.3) is 6.08 Å². The second kappa shape index (κ2) is 9.92. The van der Waals surface area contributed by atoms with Crippen molar-refractivity contribution >= 4 is 17.8 Å². The first-order valence-electron chi connectivity index (χ1n) is 7.65. The van der Waals surface area contributed by atoms with Crippen LogP contribution in [0, 0.1) is 0 Å². The predicted octanol–water partition coefficient (Wildman–Crippen LogP) is 4.72. The first-order valence-corrected chi connectivity index (χ1v) is 7.65. The van der Waals surface area contributed by atoms with Gasteiger partial charge in [-0.3, -0.25) is 9.59 Å². The molecule has 0 aliphatic heterocycles. The van der Waals surface area contributed by atoms with E-state index in [2.05, 4.69) is 6.92 Å². The second-order valence-corrected chi connectivity index (χ2v) is 5.19. The number of carboxylic acids is 1. The third-order valence-corrected chi connectivity index (χ3v) is 3.29. The molecule has 0 atom stereocenters. The minimum Gasteiger partial charge on any atom is -0.481 e. The molecule has 0 fully saturated rings. The van der Waals surface area contributed by atoms with Crippen LogP contribution in [0.5, 0.6) is 0 Å². The molecular weight excluding hydrogens is 264 g/mol. The smallest absolute Gasteiger partial charge is 0.303 e. The molecule has 1 rings (SSSR count). The fraction of sp³-hybridized carbons (Fsp3) is 0.444. The minimum atomic E-state index is -0.761. The molecule has 1 aromatic carbocycles. The average molecular weight is 288 g/mol. The number of carbonyl (C=O) groups is 2. The molecule has 0 saturated carbocycles. The summed E-state index contributed by atoms with van der Waals surface area (Å²) in [6.07, 6.45) is 9.25. The van der Waals surface area contributed by atoms with Gasteiger partial charge in [0.1, 0.15) is 0 Å². The molecule has 0 spiro atoms. The van der Waals surface area contributed by atoms with Crippen molar-refractivity contribution in [1.82, 2.24) is 0 Å². The minimum absolute atomic E-state index is 0.195. The van der Waals surface area contributed by atoms with Gasteiger partial charge in [0, 0.05) is 18.4 Å². The standard InChI is InChI=1S/C18H24O3/c1-2-3-5-12-17(19)16-11-8-10-15(14-16)9-6-4-7-13-18(20)21/h6,8-11,14H,2-5,7,12-13H2,1H3,(H,20,21)/b9-6+. The molecule has 1 N–H and O–H groups in total. The summed E-state index contributed by atoms with van der Waals surface area (Å²) in [7, 11) is 0. The summed E-state index contributed by atoms with van der Waals surface area (Å²) in [6, 6.07) is 7.61. The Balaban J connectivity index is 2.49. The van der Waals surface area contributed by atoms with Crippen LogP contribution in [0.4, 0.5) is 0 Å². The molecule has 0 aromatic heterocycles. The number of ketones is 1. The maximum absolute atomic E-state index is 12.0. The zero-order valence-corrected chi connectivity index (χ0v) is 12.7. The summed E-state index contributed by atoms with van der Waals surface area (Å²) in [5.41, 5.74) is 1.76. The SMILES string of the molecule is CCCCCC(=O)c1cccc(/C=C/CCCC(=O)O)c1. The molecule has 1 aromatic rings. The van der Waals surface area contributed by atoms with Crippen LogP contribution in [0.3, 0.4) is 0 Å². The molecule has 0 unspecified atom stereocenters. The Bertz CT molecular complexity index is 489. The van der Waals surface area contributed by atoms with E-state index in [1.807, 2.05) is 36.4 Å². The van der Waals surface area contributed by atoms with E-state index in [-0.39, 0.29) is 12.2 Å². The number of unbranched alkanes of at least 4 members (excludes halogenated alkanes) is 3. The number of rotatable bonds is 10. The highest BCUT2D eigenvalue weighted by molar-refractivity contribution is 5.96. The number of hydrogen-bond donors (Lipinski definition) is 1. The molecule has 0 aliphatic carbocycles. The summed E-state index contributed by atoms with van der Waals surface area (Å²) < 4.78 is 0. The first kappa shape index (κ1) is 17.2. The Morgan fingerprint density at radius 1 is 1.14 bits per heavy atom. The van der Waals surface area contributed by atoms with Crippen LogP contribution < -0.4 is 0 Å². The Labute approximate surface area is 126 Å². The van der Waals surface area contributed by atoms with Crippen molar-refractivity contribution in [2.45, 2.75) is 51.9 Å². The summed E-state index contributed by atoms with van der Waals surface area (Å²) in [5.74, 6) is -0.562. The van der Waals surface area contributed by atoms with Gasteiger partial charge in [-0.15, -0.1) is 0 Å². The Morgan fingerprint density at radius 2 is 1.95 bits per heavy atom. The highest BCUT2D eigenvalue weighted by Gasteiger charge is 2.05. The maximum atomic E-state index is 12.0. The van der Waals surface area contributed by atoms with Gasteiger partial charge in [-0.1, -0.05) is 50.1 Å². The molecular formula is C18H24O3. The highest BCUT2D eigenvalue weighted by atomic mass is 16.4. The van der Waals surface area contributed by atoms with Crippen LogP contribution in [0.2, 0.25) is 0 Å². The van der Waals surface area contributed by atoms with E-state index < -0.39 is 5.97 Å². The summed E-state index contributed by atoms with van der Waals surface area (Å²) >= 11 is 0. The van der Waals surface area contributed by atoms with Crippen molar-refractivity contribution in [3.63, 3.8) is 0 Å². The van der Waals surface area contributed by atoms with Crippen LogP contribution in [-0.4, -0.2) is 16.9 Å². The van der Waals surface area contributed by atoms with Crippen molar-refractivity contribution in [2.24, 2.45) is 0 Å². The fourth-order valence-electron chi connectivity index (χ4n) is 2.09. The van der Waals surface area contributed by atoms with Gasteiger partial charge in [0.15, 0.2) is 5.78 Å². The summed E-state index contributed by atoms with van der Waals surface area (Å²) in [4.78, 5) is 22.4. The van der Waals surface area contributed by atoms with E-state index >= 15 is 0 Å². The molecule has 0 radical (unpaired) electrons. The molecule has 0 heterocycles. The molecule has 0 bridgehead atoms. The van der Waals surface area contributed by atoms with Crippen molar-refractivity contribution in [2.75, 3.05) is 0 Å². The molecule has 21 heavy (non-hydrogen) atoms. The van der Waals surface area contributed by atoms with Crippen LogP contribution in [0.1, 0.15) is 67.8 Å². The monoisotopic (exact) mass is 288 g/mol. The van der Waals surface area contributed by atoms with Gasteiger partial charge in [-0.25, -0.2) is 0 Å². The lowest BCUT2D eigenvalue weighted by atomic mass is 10.0. The molecule has 0 amide bonds. The normalized spacial score (nSPS) is 10.9. The van der Waals surface area contributed by atoms with Gasteiger partial charge < -0.3 is 5.11 Å². The lowest BCUT2D eigenvalue weighted by Gasteiger charge is -2.02. The van der Waals surface area contributed by atoms with Crippen LogP contribution in [-0.2, 0) is 4.79 Å². The van der Waals surface area contributed by atoms with Crippen molar-refractivity contribution in [3.05, 3.63) is 41.5 Å². The quantitative estimate of drug-likeness (QED) is 0.500. The summed E-state index contributed by atoms with van der Waals surface area (Å²) in [5, 5.41) is 8.55. The zero-order valence-electron chi connectivity index (χ0n) is 12.7. The molecule has 3 nitrogen and oxygen atoms in total. The van der Waals surface area contributed by atoms with Gasteiger partial charge in [0.2, 0.25) is 0 Å². The number of benzene rings is 1. The van der Waals surface area contributed by atoms with Gasteiger partial charge >= 0.3 is 5.97 Å². The van der Waals surface area contributed by atoms with Crippen molar-refractivity contribution < 1.29 is 14.7 Å². The van der Waals surface area contributed by atoms with Gasteiger partial charge in [-0.2, -0.15) is 0 Å². The number of hydrogen-bond acceptors (Lipinski definition) is 2. The van der Waals surface area contributed by atoms with Gasteiger partial charge in [0.25, 0.3) is 0 Å². The predicted molar refractivity (Wildman–Crippen MR) is 85.4 cm³/mol.